The second-order valence-corrected chi connectivity index (χ2v) is 10.8. The van der Waals surface area contributed by atoms with E-state index in [9.17, 15) is 18.0 Å². The van der Waals surface area contributed by atoms with E-state index in [-0.39, 0.29) is 45.9 Å². The number of anilines is 1. The molecule has 3 aromatic carbocycles. The van der Waals surface area contributed by atoms with Gasteiger partial charge in [0.15, 0.2) is 0 Å². The van der Waals surface area contributed by atoms with Gasteiger partial charge < -0.3 is 14.4 Å². The molecule has 2 aliphatic rings. The minimum Gasteiger partial charge on any atom is -0.459 e. The molecule has 0 bridgehead atoms. The van der Waals surface area contributed by atoms with E-state index in [0.717, 1.165) is 18.4 Å². The molecule has 2 heterocycles. The molecule has 1 saturated heterocycles. The highest BCUT2D eigenvalue weighted by molar-refractivity contribution is 7.91. The van der Waals surface area contributed by atoms with Gasteiger partial charge in [0, 0.05) is 11.6 Å². The van der Waals surface area contributed by atoms with Gasteiger partial charge in [-0.3, -0.25) is 4.79 Å². The van der Waals surface area contributed by atoms with Crippen LogP contribution in [0.15, 0.2) is 76.5 Å². The first kappa shape index (κ1) is 23.5. The summed E-state index contributed by atoms with van der Waals surface area (Å²) in [6.07, 6.45) is 1.59. The normalized spacial score (nSPS) is 18.5. The predicted molar refractivity (Wildman–Crippen MR) is 130 cm³/mol. The van der Waals surface area contributed by atoms with Gasteiger partial charge in [0.1, 0.15) is 6.61 Å². The quantitative estimate of drug-likeness (QED) is 0.462. The van der Waals surface area contributed by atoms with Crippen LogP contribution in [-0.2, 0) is 25.9 Å². The molecule has 5 rings (SSSR count). The van der Waals surface area contributed by atoms with Crippen LogP contribution in [0.2, 0.25) is 5.02 Å². The first-order chi connectivity index (χ1) is 16.8. The molecule has 3 aromatic rings. The van der Waals surface area contributed by atoms with Crippen molar-refractivity contribution < 1.29 is 27.5 Å². The number of benzene rings is 3. The van der Waals surface area contributed by atoms with Crippen molar-refractivity contribution in [1.29, 1.82) is 0 Å². The Morgan fingerprint density at radius 2 is 1.83 bits per heavy atom. The van der Waals surface area contributed by atoms with Gasteiger partial charge in [-0.05, 0) is 60.9 Å². The van der Waals surface area contributed by atoms with Crippen molar-refractivity contribution in [2.75, 3.05) is 18.1 Å². The number of amides is 1. The number of sulfone groups is 1. The Kier molecular flexibility index (Phi) is 6.35. The summed E-state index contributed by atoms with van der Waals surface area (Å²) in [7, 11) is -4.03. The number of hydrogen-bond acceptors (Lipinski definition) is 6. The fourth-order valence-corrected chi connectivity index (χ4v) is 6.05. The molecule has 0 radical (unpaired) electrons. The number of halogens is 1. The molecule has 1 atom stereocenters. The highest BCUT2D eigenvalue weighted by atomic mass is 35.5. The Labute approximate surface area is 208 Å². The monoisotopic (exact) mass is 511 g/mol. The topological polar surface area (TPSA) is 90.0 Å². The van der Waals surface area contributed by atoms with Crippen molar-refractivity contribution in [2.45, 2.75) is 35.3 Å². The minimum atomic E-state index is -4.03. The van der Waals surface area contributed by atoms with E-state index in [1.54, 1.807) is 36.4 Å². The summed E-state index contributed by atoms with van der Waals surface area (Å²) < 4.78 is 38.0. The Morgan fingerprint density at radius 3 is 2.57 bits per heavy atom. The highest BCUT2D eigenvalue weighted by Gasteiger charge is 2.36. The van der Waals surface area contributed by atoms with Crippen LogP contribution < -0.4 is 4.90 Å². The third kappa shape index (κ3) is 4.57. The lowest BCUT2D eigenvalue weighted by molar-refractivity contribution is 0.0161. The Balaban J connectivity index is 1.58. The predicted octanol–water partition coefficient (Wildman–Crippen LogP) is 4.67. The molecule has 1 fully saturated rings. The molecule has 0 aliphatic carbocycles. The fourth-order valence-electron chi connectivity index (χ4n) is 4.29. The standard InChI is InChI=1S/C26H22ClNO6S/c27-19-10-7-17(8-11-19)15-28-22-14-18(26(30)34-16-20-4-3-13-33-20)9-12-24(22)35(31,32)23-6-2-1-5-21(23)25(28)29/h1-2,5-12,14,20H,3-4,13,15-16H2/t20-/m1/s1. The van der Waals surface area contributed by atoms with Crippen LogP contribution in [0, 0.1) is 0 Å². The van der Waals surface area contributed by atoms with Gasteiger partial charge >= 0.3 is 5.97 Å². The van der Waals surface area contributed by atoms with Crippen LogP contribution in [0.25, 0.3) is 0 Å². The average molecular weight is 512 g/mol. The van der Waals surface area contributed by atoms with Gasteiger partial charge in [-0.15, -0.1) is 0 Å². The van der Waals surface area contributed by atoms with Crippen LogP contribution in [0.3, 0.4) is 0 Å². The summed E-state index contributed by atoms with van der Waals surface area (Å²) in [5, 5.41) is 0.542. The molecule has 2 aliphatic heterocycles. The fraction of sp³-hybridized carbons (Fsp3) is 0.231. The molecule has 35 heavy (non-hydrogen) atoms. The third-order valence-corrected chi connectivity index (χ3v) is 8.22. The number of nitrogens with zero attached hydrogens (tertiary/aromatic N) is 1. The van der Waals surface area contributed by atoms with Crippen molar-refractivity contribution in [3.05, 3.63) is 88.4 Å². The first-order valence-electron chi connectivity index (χ1n) is 11.2. The van der Waals surface area contributed by atoms with Gasteiger partial charge in [0.25, 0.3) is 5.91 Å². The highest BCUT2D eigenvalue weighted by Crippen LogP contribution is 2.38. The van der Waals surface area contributed by atoms with Gasteiger partial charge in [-0.25, -0.2) is 13.2 Å². The van der Waals surface area contributed by atoms with Crippen molar-refractivity contribution >= 4 is 39.0 Å². The van der Waals surface area contributed by atoms with Gasteiger partial charge in [-0.1, -0.05) is 35.9 Å². The Bertz CT molecular complexity index is 1400. The third-order valence-electron chi connectivity index (χ3n) is 6.11. The summed E-state index contributed by atoms with van der Waals surface area (Å²) in [5.41, 5.74) is 1.08. The minimum absolute atomic E-state index is 0.0551. The van der Waals surface area contributed by atoms with Crippen molar-refractivity contribution in [3.63, 3.8) is 0 Å². The number of carbonyl (C=O) groups excluding carboxylic acids is 2. The molecule has 0 spiro atoms. The van der Waals surface area contributed by atoms with Gasteiger partial charge in [-0.2, -0.15) is 0 Å². The van der Waals surface area contributed by atoms with Crippen LogP contribution in [0.5, 0.6) is 0 Å². The smallest absolute Gasteiger partial charge is 0.338 e. The van der Waals surface area contributed by atoms with Gasteiger partial charge in [0.2, 0.25) is 9.84 Å². The lowest BCUT2D eigenvalue weighted by Gasteiger charge is -2.23. The van der Waals surface area contributed by atoms with Crippen molar-refractivity contribution in [1.82, 2.24) is 0 Å². The summed E-state index contributed by atoms with van der Waals surface area (Å²) in [4.78, 5) is 27.7. The summed E-state index contributed by atoms with van der Waals surface area (Å²) >= 11 is 6.01. The molecule has 1 amide bonds. The van der Waals surface area contributed by atoms with E-state index in [1.807, 2.05) is 0 Å². The van der Waals surface area contributed by atoms with E-state index in [1.165, 1.54) is 35.2 Å². The van der Waals surface area contributed by atoms with Crippen LogP contribution in [0.4, 0.5) is 5.69 Å². The summed E-state index contributed by atoms with van der Waals surface area (Å²) in [6.45, 7) is 0.843. The van der Waals surface area contributed by atoms with Crippen molar-refractivity contribution in [3.8, 4) is 0 Å². The van der Waals surface area contributed by atoms with E-state index < -0.39 is 21.7 Å². The average Bonchev–Trinajstić information content (AvgIpc) is 3.38. The second kappa shape index (κ2) is 9.45. The number of fused-ring (bicyclic) bond motifs is 2. The molecule has 0 saturated carbocycles. The van der Waals surface area contributed by atoms with E-state index >= 15 is 0 Å². The Morgan fingerprint density at radius 1 is 1.06 bits per heavy atom. The van der Waals surface area contributed by atoms with E-state index in [0.29, 0.717) is 11.6 Å². The summed E-state index contributed by atoms with van der Waals surface area (Å²) in [6, 6.07) is 17.2. The molecule has 7 nitrogen and oxygen atoms in total. The maximum atomic E-state index is 13.6. The zero-order valence-electron chi connectivity index (χ0n) is 18.6. The molecule has 180 valence electrons. The Hall–Kier alpha value is -3.20. The van der Waals surface area contributed by atoms with Gasteiger partial charge in [0.05, 0.1) is 39.3 Å². The van der Waals surface area contributed by atoms with E-state index in [4.69, 9.17) is 21.1 Å². The van der Waals surface area contributed by atoms with Crippen molar-refractivity contribution in [2.24, 2.45) is 0 Å². The van der Waals surface area contributed by atoms with Crippen LogP contribution in [-0.4, -0.2) is 39.6 Å². The molecule has 0 aromatic heterocycles. The van der Waals surface area contributed by atoms with Crippen LogP contribution in [0.1, 0.15) is 39.1 Å². The SMILES string of the molecule is O=C(OC[C@H]1CCCO1)c1ccc2c(c1)N(Cc1ccc(Cl)cc1)C(=O)c1ccccc1S2(=O)=O. The molecular formula is C26H22ClNO6S. The maximum absolute atomic E-state index is 13.6. The first-order valence-corrected chi connectivity index (χ1v) is 13.0. The molecule has 0 N–H and O–H groups in total. The zero-order chi connectivity index (χ0) is 24.6. The lowest BCUT2D eigenvalue weighted by atomic mass is 10.1. The maximum Gasteiger partial charge on any atom is 0.338 e. The second-order valence-electron chi connectivity index (χ2n) is 8.43. The molecule has 9 heteroatoms. The number of rotatable bonds is 5. The number of hydrogen-bond donors (Lipinski definition) is 0. The number of esters is 1. The molecular weight excluding hydrogens is 490 g/mol. The zero-order valence-corrected chi connectivity index (χ0v) is 20.2. The van der Waals surface area contributed by atoms with Crippen LogP contribution >= 0.6 is 11.6 Å². The number of carbonyl (C=O) groups is 2. The largest absolute Gasteiger partial charge is 0.459 e. The number of ether oxygens (including phenoxy) is 2. The summed E-state index contributed by atoms with van der Waals surface area (Å²) in [5.74, 6) is -1.09. The van der Waals surface area contributed by atoms with E-state index in [2.05, 4.69) is 0 Å². The molecule has 0 unspecified atom stereocenters. The lowest BCUT2D eigenvalue weighted by Crippen LogP contribution is -2.30.